The highest BCUT2D eigenvalue weighted by Gasteiger charge is 2.30. The summed E-state index contributed by atoms with van der Waals surface area (Å²) in [6.45, 7) is 3.31. The molecule has 0 N–H and O–H groups in total. The fourth-order valence-electron chi connectivity index (χ4n) is 2.09. The summed E-state index contributed by atoms with van der Waals surface area (Å²) in [6, 6.07) is 10.9. The number of Topliss-reactive ketones (excluding diaryl/α,β-unsaturated/α-hetero) is 1. The van der Waals surface area contributed by atoms with Crippen molar-refractivity contribution in [2.75, 3.05) is 0 Å². The highest BCUT2D eigenvalue weighted by atomic mass is 19.4. The minimum absolute atomic E-state index is 0.0204. The Morgan fingerprint density at radius 2 is 1.57 bits per heavy atom. The SMILES string of the molecule is CC(=O)c1ccc(-c2ccc(OC(F)(F)F)cc2)cc1C. The second kappa shape index (κ2) is 5.60. The average molecular weight is 294 g/mol. The van der Waals surface area contributed by atoms with E-state index < -0.39 is 6.36 Å². The van der Waals surface area contributed by atoms with E-state index in [2.05, 4.69) is 4.74 Å². The van der Waals surface area contributed by atoms with Crippen LogP contribution in [0.4, 0.5) is 13.2 Å². The third-order valence-corrected chi connectivity index (χ3v) is 3.03. The highest BCUT2D eigenvalue weighted by molar-refractivity contribution is 5.96. The molecule has 2 aromatic carbocycles. The largest absolute Gasteiger partial charge is 0.573 e. The van der Waals surface area contributed by atoms with Crippen LogP contribution in [0.2, 0.25) is 0 Å². The monoisotopic (exact) mass is 294 g/mol. The molecule has 0 heterocycles. The van der Waals surface area contributed by atoms with Crippen molar-refractivity contribution in [1.82, 2.24) is 0 Å². The van der Waals surface area contributed by atoms with E-state index in [1.807, 2.05) is 13.0 Å². The normalized spacial score (nSPS) is 11.3. The minimum Gasteiger partial charge on any atom is -0.406 e. The first-order valence-electron chi connectivity index (χ1n) is 6.24. The van der Waals surface area contributed by atoms with E-state index in [1.54, 1.807) is 24.3 Å². The average Bonchev–Trinajstić information content (AvgIpc) is 2.37. The van der Waals surface area contributed by atoms with Crippen LogP contribution in [0.5, 0.6) is 5.75 Å². The minimum atomic E-state index is -4.69. The predicted octanol–water partition coefficient (Wildman–Crippen LogP) is 4.76. The molecular formula is C16H13F3O2. The van der Waals surface area contributed by atoms with Crippen LogP contribution >= 0.6 is 0 Å². The van der Waals surface area contributed by atoms with Gasteiger partial charge in [-0.2, -0.15) is 0 Å². The Bertz CT molecular complexity index is 658. The van der Waals surface area contributed by atoms with Gasteiger partial charge in [-0.1, -0.05) is 30.3 Å². The van der Waals surface area contributed by atoms with Gasteiger partial charge in [0, 0.05) is 5.56 Å². The lowest BCUT2D eigenvalue weighted by Gasteiger charge is -2.10. The summed E-state index contributed by atoms with van der Waals surface area (Å²) in [5.74, 6) is -0.281. The van der Waals surface area contributed by atoms with Crippen molar-refractivity contribution < 1.29 is 22.7 Å². The zero-order valence-corrected chi connectivity index (χ0v) is 11.5. The van der Waals surface area contributed by atoms with Crippen molar-refractivity contribution in [1.29, 1.82) is 0 Å². The molecule has 0 aromatic heterocycles. The van der Waals surface area contributed by atoms with Crippen molar-refractivity contribution >= 4 is 5.78 Å². The molecule has 2 aromatic rings. The standard InChI is InChI=1S/C16H13F3O2/c1-10-9-13(5-8-15(10)11(2)20)12-3-6-14(7-4-12)21-16(17,18)19/h3-9H,1-2H3. The molecule has 5 heteroatoms. The number of benzene rings is 2. The number of hydrogen-bond acceptors (Lipinski definition) is 2. The maximum atomic E-state index is 12.1. The van der Waals surface area contributed by atoms with Crippen LogP contribution in [0.3, 0.4) is 0 Å². The molecule has 0 saturated heterocycles. The Hall–Kier alpha value is -2.30. The predicted molar refractivity (Wildman–Crippen MR) is 73.3 cm³/mol. The first-order valence-corrected chi connectivity index (χ1v) is 6.24. The van der Waals surface area contributed by atoms with E-state index >= 15 is 0 Å². The van der Waals surface area contributed by atoms with E-state index in [0.717, 1.165) is 16.7 Å². The fraction of sp³-hybridized carbons (Fsp3) is 0.188. The number of carbonyl (C=O) groups excluding carboxylic acids is 1. The summed E-state index contributed by atoms with van der Waals surface area (Å²) in [4.78, 5) is 11.4. The fourth-order valence-corrected chi connectivity index (χ4v) is 2.09. The van der Waals surface area contributed by atoms with Gasteiger partial charge in [0.25, 0.3) is 0 Å². The summed E-state index contributed by atoms with van der Waals surface area (Å²) < 4.78 is 40.1. The molecule has 0 fully saturated rings. The molecule has 21 heavy (non-hydrogen) atoms. The zero-order valence-electron chi connectivity index (χ0n) is 11.5. The Kier molecular flexibility index (Phi) is 4.02. The molecule has 2 nitrogen and oxygen atoms in total. The lowest BCUT2D eigenvalue weighted by atomic mass is 9.98. The Morgan fingerprint density at radius 3 is 2.05 bits per heavy atom. The maximum Gasteiger partial charge on any atom is 0.573 e. The first-order chi connectivity index (χ1) is 9.76. The van der Waals surface area contributed by atoms with Crippen LogP contribution in [0.25, 0.3) is 11.1 Å². The molecule has 0 saturated carbocycles. The molecule has 0 spiro atoms. The topological polar surface area (TPSA) is 26.3 Å². The molecule has 0 atom stereocenters. The van der Waals surface area contributed by atoms with E-state index in [0.29, 0.717) is 5.56 Å². The van der Waals surface area contributed by atoms with Gasteiger partial charge in [0.2, 0.25) is 0 Å². The molecule has 0 aliphatic carbocycles. The molecule has 0 unspecified atom stereocenters. The number of hydrogen-bond donors (Lipinski definition) is 0. The van der Waals surface area contributed by atoms with Gasteiger partial charge >= 0.3 is 6.36 Å². The van der Waals surface area contributed by atoms with E-state index in [4.69, 9.17) is 0 Å². The number of carbonyl (C=O) groups is 1. The lowest BCUT2D eigenvalue weighted by Crippen LogP contribution is -2.16. The third-order valence-electron chi connectivity index (χ3n) is 3.03. The van der Waals surface area contributed by atoms with Crippen LogP contribution in [0, 0.1) is 6.92 Å². The van der Waals surface area contributed by atoms with E-state index in [1.165, 1.54) is 19.1 Å². The Morgan fingerprint density at radius 1 is 1.00 bits per heavy atom. The van der Waals surface area contributed by atoms with Gasteiger partial charge in [-0.05, 0) is 42.7 Å². The van der Waals surface area contributed by atoms with Gasteiger partial charge in [-0.3, -0.25) is 4.79 Å². The van der Waals surface area contributed by atoms with Crippen molar-refractivity contribution in [3.05, 3.63) is 53.6 Å². The van der Waals surface area contributed by atoms with Gasteiger partial charge in [0.15, 0.2) is 5.78 Å². The van der Waals surface area contributed by atoms with Gasteiger partial charge in [-0.15, -0.1) is 13.2 Å². The number of ether oxygens (including phenoxy) is 1. The number of aryl methyl sites for hydroxylation is 1. The van der Waals surface area contributed by atoms with Gasteiger partial charge in [-0.25, -0.2) is 0 Å². The second-order valence-electron chi connectivity index (χ2n) is 4.66. The summed E-state index contributed by atoms with van der Waals surface area (Å²) in [5.41, 5.74) is 3.05. The van der Waals surface area contributed by atoms with Gasteiger partial charge in [0.05, 0.1) is 0 Å². The molecule has 0 radical (unpaired) electrons. The smallest absolute Gasteiger partial charge is 0.406 e. The lowest BCUT2D eigenvalue weighted by molar-refractivity contribution is -0.274. The second-order valence-corrected chi connectivity index (χ2v) is 4.66. The Balaban J connectivity index is 2.27. The van der Waals surface area contributed by atoms with E-state index in [-0.39, 0.29) is 11.5 Å². The number of halogens is 3. The molecule has 0 aliphatic heterocycles. The molecule has 0 bridgehead atoms. The van der Waals surface area contributed by atoms with Crippen molar-refractivity contribution in [3.8, 4) is 16.9 Å². The van der Waals surface area contributed by atoms with Crippen molar-refractivity contribution in [2.24, 2.45) is 0 Å². The van der Waals surface area contributed by atoms with Gasteiger partial charge in [0.1, 0.15) is 5.75 Å². The maximum absolute atomic E-state index is 12.1. The number of ketones is 1. The summed E-state index contributed by atoms with van der Waals surface area (Å²) in [7, 11) is 0. The molecule has 0 aliphatic rings. The van der Waals surface area contributed by atoms with Crippen molar-refractivity contribution in [2.45, 2.75) is 20.2 Å². The quantitative estimate of drug-likeness (QED) is 0.763. The van der Waals surface area contributed by atoms with Crippen LogP contribution in [-0.4, -0.2) is 12.1 Å². The van der Waals surface area contributed by atoms with Crippen LogP contribution < -0.4 is 4.74 Å². The van der Waals surface area contributed by atoms with Crippen LogP contribution in [0.1, 0.15) is 22.8 Å². The van der Waals surface area contributed by atoms with Crippen LogP contribution in [0.15, 0.2) is 42.5 Å². The highest BCUT2D eigenvalue weighted by Crippen LogP contribution is 2.27. The third kappa shape index (κ3) is 3.84. The molecule has 110 valence electrons. The summed E-state index contributed by atoms with van der Waals surface area (Å²) in [6.07, 6.45) is -4.69. The molecular weight excluding hydrogens is 281 g/mol. The van der Waals surface area contributed by atoms with Crippen LogP contribution in [-0.2, 0) is 0 Å². The Labute approximate surface area is 120 Å². The van der Waals surface area contributed by atoms with Crippen molar-refractivity contribution in [3.63, 3.8) is 0 Å². The number of rotatable bonds is 3. The zero-order chi connectivity index (χ0) is 15.6. The van der Waals surface area contributed by atoms with E-state index in [9.17, 15) is 18.0 Å². The summed E-state index contributed by atoms with van der Waals surface area (Å²) in [5, 5.41) is 0. The summed E-state index contributed by atoms with van der Waals surface area (Å²) >= 11 is 0. The molecule has 0 amide bonds. The van der Waals surface area contributed by atoms with Gasteiger partial charge < -0.3 is 4.74 Å². The number of alkyl halides is 3. The first kappa shape index (κ1) is 15.1. The molecule has 2 rings (SSSR count).